The Bertz CT molecular complexity index is 567. The highest BCUT2D eigenvalue weighted by molar-refractivity contribution is 7.97. The maximum absolute atomic E-state index is 11.7. The summed E-state index contributed by atoms with van der Waals surface area (Å²) in [6, 6.07) is 4.84. The predicted molar refractivity (Wildman–Crippen MR) is 86.0 cm³/mol. The minimum atomic E-state index is -1.19. The van der Waals surface area contributed by atoms with Gasteiger partial charge >= 0.3 is 5.97 Å². The number of unbranched alkanes of at least 4 members (excludes halogenated alkanes) is 1. The van der Waals surface area contributed by atoms with E-state index >= 15 is 0 Å². The summed E-state index contributed by atoms with van der Waals surface area (Å²) in [5.41, 5.74) is -0.124. The molecule has 1 rings (SSSR count). The van der Waals surface area contributed by atoms with Crippen LogP contribution in [0.2, 0.25) is 0 Å². The number of benzene rings is 1. The minimum Gasteiger partial charge on any atom is -0.480 e. The molecule has 0 heterocycles. The van der Waals surface area contributed by atoms with Gasteiger partial charge in [0, 0.05) is 12.6 Å². The van der Waals surface area contributed by atoms with Gasteiger partial charge in [-0.3, -0.25) is 19.7 Å². The third kappa shape index (κ3) is 6.66. The standard InChI is InChI=1S/C14H19N3O5S/c1-2-3-8-15-13(18)9-10(14(19)20)16-23-12-7-5-4-6-11(12)17(21)22/h4-7,10,16H,2-3,8-9H2,1H3,(H,15,18)(H,19,20). The first-order valence-corrected chi connectivity index (χ1v) is 7.92. The number of amides is 1. The van der Waals surface area contributed by atoms with Crippen molar-refractivity contribution >= 4 is 29.5 Å². The smallest absolute Gasteiger partial charge is 0.322 e. The van der Waals surface area contributed by atoms with Crippen molar-refractivity contribution in [1.29, 1.82) is 0 Å². The largest absolute Gasteiger partial charge is 0.480 e. The molecule has 3 N–H and O–H groups in total. The summed E-state index contributed by atoms with van der Waals surface area (Å²) in [5, 5.41) is 22.7. The zero-order chi connectivity index (χ0) is 17.2. The van der Waals surface area contributed by atoms with Crippen LogP contribution in [0, 0.1) is 10.1 Å². The van der Waals surface area contributed by atoms with Gasteiger partial charge in [0.05, 0.1) is 11.3 Å². The lowest BCUT2D eigenvalue weighted by atomic mass is 10.2. The van der Waals surface area contributed by atoms with E-state index in [1.807, 2.05) is 6.92 Å². The van der Waals surface area contributed by atoms with E-state index in [0.29, 0.717) is 6.54 Å². The third-order valence-electron chi connectivity index (χ3n) is 2.91. The molecule has 8 nitrogen and oxygen atoms in total. The van der Waals surface area contributed by atoms with E-state index in [1.54, 1.807) is 6.07 Å². The van der Waals surface area contributed by atoms with Crippen LogP contribution < -0.4 is 10.0 Å². The van der Waals surface area contributed by atoms with Crippen LogP contribution in [-0.2, 0) is 9.59 Å². The van der Waals surface area contributed by atoms with Gasteiger partial charge in [-0.2, -0.15) is 0 Å². The number of hydrogen-bond donors (Lipinski definition) is 3. The molecule has 0 radical (unpaired) electrons. The lowest BCUT2D eigenvalue weighted by Crippen LogP contribution is -2.38. The van der Waals surface area contributed by atoms with Crippen molar-refractivity contribution < 1.29 is 19.6 Å². The van der Waals surface area contributed by atoms with Crippen molar-refractivity contribution in [2.45, 2.75) is 37.1 Å². The molecular weight excluding hydrogens is 322 g/mol. The molecule has 126 valence electrons. The molecule has 9 heteroatoms. The van der Waals surface area contributed by atoms with Gasteiger partial charge in [-0.25, -0.2) is 4.72 Å². The van der Waals surface area contributed by atoms with E-state index in [0.717, 1.165) is 24.8 Å². The van der Waals surface area contributed by atoms with E-state index in [-0.39, 0.29) is 22.9 Å². The molecule has 0 saturated heterocycles. The van der Waals surface area contributed by atoms with Crippen molar-refractivity contribution in [2.75, 3.05) is 6.54 Å². The summed E-state index contributed by atoms with van der Waals surface area (Å²) in [7, 11) is 0. The molecule has 0 aliphatic heterocycles. The van der Waals surface area contributed by atoms with Gasteiger partial charge in [0.1, 0.15) is 10.9 Å². The van der Waals surface area contributed by atoms with Crippen molar-refractivity contribution in [3.05, 3.63) is 34.4 Å². The molecule has 0 aliphatic carbocycles. The second-order valence-corrected chi connectivity index (χ2v) is 5.62. The maximum Gasteiger partial charge on any atom is 0.322 e. The first-order valence-electron chi connectivity index (χ1n) is 7.11. The number of nitrogens with one attached hydrogen (secondary N) is 2. The number of nitro benzene ring substituents is 1. The molecule has 0 aliphatic rings. The van der Waals surface area contributed by atoms with Crippen LogP contribution >= 0.6 is 11.9 Å². The van der Waals surface area contributed by atoms with E-state index in [4.69, 9.17) is 5.11 Å². The summed E-state index contributed by atoms with van der Waals surface area (Å²) in [6.07, 6.45) is 1.50. The quantitative estimate of drug-likeness (QED) is 0.257. The number of hydrogen-bond acceptors (Lipinski definition) is 6. The van der Waals surface area contributed by atoms with Gasteiger partial charge in [-0.05, 0) is 24.4 Å². The van der Waals surface area contributed by atoms with Gasteiger partial charge < -0.3 is 10.4 Å². The number of carbonyl (C=O) groups is 2. The molecule has 0 spiro atoms. The number of para-hydroxylation sites is 1. The topological polar surface area (TPSA) is 122 Å². The number of rotatable bonds is 10. The average Bonchev–Trinajstić information content (AvgIpc) is 2.51. The van der Waals surface area contributed by atoms with Crippen molar-refractivity contribution in [3.8, 4) is 0 Å². The molecular formula is C14H19N3O5S. The normalized spacial score (nSPS) is 11.7. The Balaban J connectivity index is 2.62. The lowest BCUT2D eigenvalue weighted by molar-refractivity contribution is -0.387. The predicted octanol–water partition coefficient (Wildman–Crippen LogP) is 1.95. The lowest BCUT2D eigenvalue weighted by Gasteiger charge is -2.13. The summed E-state index contributed by atoms with van der Waals surface area (Å²) in [4.78, 5) is 33.6. The summed E-state index contributed by atoms with van der Waals surface area (Å²) < 4.78 is 2.60. The summed E-state index contributed by atoms with van der Waals surface area (Å²) in [6.45, 7) is 2.48. The van der Waals surface area contributed by atoms with Gasteiger partial charge in [0.2, 0.25) is 5.91 Å². The number of aliphatic carboxylic acids is 1. The van der Waals surface area contributed by atoms with Crippen LogP contribution in [0.25, 0.3) is 0 Å². The molecule has 1 aromatic carbocycles. The Morgan fingerprint density at radius 3 is 2.70 bits per heavy atom. The second-order valence-electron chi connectivity index (χ2n) is 4.74. The molecule has 0 bridgehead atoms. The molecule has 0 fully saturated rings. The molecule has 0 saturated carbocycles. The SMILES string of the molecule is CCCCNC(=O)CC(NSc1ccccc1[N+](=O)[O-])C(=O)O. The number of carboxylic acids is 1. The molecule has 1 atom stereocenters. The van der Waals surface area contributed by atoms with Crippen LogP contribution in [0.4, 0.5) is 5.69 Å². The fraction of sp³-hybridized carbons (Fsp3) is 0.429. The van der Waals surface area contributed by atoms with E-state index in [2.05, 4.69) is 10.0 Å². The van der Waals surface area contributed by atoms with Crippen LogP contribution in [0.15, 0.2) is 29.2 Å². The van der Waals surface area contributed by atoms with Gasteiger partial charge in [-0.1, -0.05) is 25.5 Å². The molecule has 1 amide bonds. The Morgan fingerprint density at radius 2 is 2.09 bits per heavy atom. The zero-order valence-corrected chi connectivity index (χ0v) is 13.5. The van der Waals surface area contributed by atoms with Crippen LogP contribution in [0.5, 0.6) is 0 Å². The van der Waals surface area contributed by atoms with E-state index in [9.17, 15) is 19.7 Å². The number of nitrogens with zero attached hydrogens (tertiary/aromatic N) is 1. The molecule has 0 aromatic heterocycles. The highest BCUT2D eigenvalue weighted by Crippen LogP contribution is 2.27. The fourth-order valence-electron chi connectivity index (χ4n) is 1.67. The molecule has 1 unspecified atom stereocenters. The van der Waals surface area contributed by atoms with Gasteiger partial charge in [0.25, 0.3) is 5.69 Å². The fourth-order valence-corrected chi connectivity index (χ4v) is 2.52. The Labute approximate surface area is 137 Å². The third-order valence-corrected chi connectivity index (χ3v) is 3.88. The monoisotopic (exact) mass is 341 g/mol. The highest BCUT2D eigenvalue weighted by atomic mass is 32.2. The van der Waals surface area contributed by atoms with Crippen molar-refractivity contribution in [1.82, 2.24) is 10.0 Å². The number of carboxylic acid groups (broad SMARTS) is 1. The van der Waals surface area contributed by atoms with Crippen molar-refractivity contribution in [2.24, 2.45) is 0 Å². The van der Waals surface area contributed by atoms with Crippen LogP contribution in [0.3, 0.4) is 0 Å². The zero-order valence-electron chi connectivity index (χ0n) is 12.7. The van der Waals surface area contributed by atoms with Crippen LogP contribution in [0.1, 0.15) is 26.2 Å². The van der Waals surface area contributed by atoms with Gasteiger partial charge in [-0.15, -0.1) is 0 Å². The Kier molecular flexibility index (Phi) is 8.06. The summed E-state index contributed by atoms with van der Waals surface area (Å²) >= 11 is 0.830. The second kappa shape index (κ2) is 9.80. The first-order chi connectivity index (χ1) is 11.0. The van der Waals surface area contributed by atoms with Crippen molar-refractivity contribution in [3.63, 3.8) is 0 Å². The number of carbonyl (C=O) groups excluding carboxylic acids is 1. The molecule has 23 heavy (non-hydrogen) atoms. The Morgan fingerprint density at radius 1 is 1.39 bits per heavy atom. The van der Waals surface area contributed by atoms with Gasteiger partial charge in [0.15, 0.2) is 0 Å². The highest BCUT2D eigenvalue weighted by Gasteiger charge is 2.22. The van der Waals surface area contributed by atoms with Crippen LogP contribution in [-0.4, -0.2) is 34.5 Å². The summed E-state index contributed by atoms with van der Waals surface area (Å²) in [5.74, 6) is -1.57. The first kappa shape index (κ1) is 18.9. The average molecular weight is 341 g/mol. The molecule has 1 aromatic rings. The van der Waals surface area contributed by atoms with E-state index < -0.39 is 16.9 Å². The minimum absolute atomic E-state index is 0.124. The maximum atomic E-state index is 11.7. The Hall–Kier alpha value is -2.13. The van der Waals surface area contributed by atoms with E-state index in [1.165, 1.54) is 18.2 Å². The number of nitro groups is 1.